The number of aromatic nitrogens is 1. The second-order valence-corrected chi connectivity index (χ2v) is 5.20. The first-order valence-corrected chi connectivity index (χ1v) is 6.38. The molecular weight excluding hydrogens is 226 g/mol. The average molecular weight is 235 g/mol. The number of H-pyrrole nitrogens is 1. The summed E-state index contributed by atoms with van der Waals surface area (Å²) in [5, 5.41) is 9.62. The molecule has 82 valence electrons. The van der Waals surface area contributed by atoms with E-state index in [1.807, 2.05) is 6.07 Å². The zero-order valence-corrected chi connectivity index (χ0v) is 9.30. The van der Waals surface area contributed by atoms with Crippen molar-refractivity contribution in [3.8, 4) is 6.07 Å². The fraction of sp³-hybridized carbons (Fsp3) is 0.100. The van der Waals surface area contributed by atoms with Gasteiger partial charge in [0.1, 0.15) is 0 Å². The minimum absolute atomic E-state index is 0.390. The van der Waals surface area contributed by atoms with Gasteiger partial charge in [-0.3, -0.25) is 4.72 Å². The number of nitriles is 1. The molecule has 2 N–H and O–H groups in total. The SMILES string of the molecule is CS(=O)(=O)Nc1cc(C#N)cc2cc[nH]c12. The van der Waals surface area contributed by atoms with Gasteiger partial charge < -0.3 is 4.98 Å². The molecule has 0 spiro atoms. The predicted octanol–water partition coefficient (Wildman–Crippen LogP) is 1.41. The third-order valence-electron chi connectivity index (χ3n) is 2.08. The van der Waals surface area contributed by atoms with E-state index in [-0.39, 0.29) is 0 Å². The Labute approximate surface area is 92.8 Å². The number of sulfonamides is 1. The topological polar surface area (TPSA) is 85.8 Å². The molecular formula is C10H9N3O2S. The van der Waals surface area contributed by atoms with Gasteiger partial charge in [0, 0.05) is 11.6 Å². The van der Waals surface area contributed by atoms with Gasteiger partial charge in [0.2, 0.25) is 10.0 Å². The van der Waals surface area contributed by atoms with E-state index in [4.69, 9.17) is 5.26 Å². The van der Waals surface area contributed by atoms with Crippen LogP contribution in [0, 0.1) is 11.3 Å². The Kier molecular flexibility index (Phi) is 2.33. The first-order chi connectivity index (χ1) is 7.49. The van der Waals surface area contributed by atoms with Gasteiger partial charge in [-0.25, -0.2) is 8.42 Å². The molecule has 0 aliphatic rings. The van der Waals surface area contributed by atoms with E-state index < -0.39 is 10.0 Å². The van der Waals surface area contributed by atoms with Crippen molar-refractivity contribution in [3.05, 3.63) is 30.0 Å². The van der Waals surface area contributed by atoms with Gasteiger partial charge >= 0.3 is 0 Å². The molecule has 1 heterocycles. The maximum absolute atomic E-state index is 11.2. The normalized spacial score (nSPS) is 11.2. The zero-order chi connectivity index (χ0) is 11.8. The Morgan fingerprint density at radius 3 is 2.81 bits per heavy atom. The summed E-state index contributed by atoms with van der Waals surface area (Å²) in [6.07, 6.45) is 2.76. The maximum Gasteiger partial charge on any atom is 0.229 e. The molecule has 16 heavy (non-hydrogen) atoms. The highest BCUT2D eigenvalue weighted by Gasteiger charge is 2.08. The van der Waals surface area contributed by atoms with E-state index in [1.54, 1.807) is 18.3 Å². The minimum Gasteiger partial charge on any atom is -0.359 e. The summed E-state index contributed by atoms with van der Waals surface area (Å²) in [6, 6.07) is 6.96. The second kappa shape index (κ2) is 3.54. The molecule has 1 aromatic heterocycles. The van der Waals surface area contributed by atoms with Crippen LogP contribution in [0.3, 0.4) is 0 Å². The predicted molar refractivity (Wildman–Crippen MR) is 61.5 cm³/mol. The second-order valence-electron chi connectivity index (χ2n) is 3.45. The molecule has 6 heteroatoms. The zero-order valence-electron chi connectivity index (χ0n) is 8.48. The average Bonchev–Trinajstić information content (AvgIpc) is 2.63. The number of anilines is 1. The molecule has 0 fully saturated rings. The van der Waals surface area contributed by atoms with Crippen LogP contribution in [-0.2, 0) is 10.0 Å². The van der Waals surface area contributed by atoms with Gasteiger partial charge in [-0.05, 0) is 18.2 Å². The van der Waals surface area contributed by atoms with Crippen LogP contribution in [0.5, 0.6) is 0 Å². The lowest BCUT2D eigenvalue weighted by Crippen LogP contribution is -2.10. The fourth-order valence-electron chi connectivity index (χ4n) is 1.52. The van der Waals surface area contributed by atoms with E-state index in [0.29, 0.717) is 16.8 Å². The van der Waals surface area contributed by atoms with Gasteiger partial charge in [-0.2, -0.15) is 5.26 Å². The van der Waals surface area contributed by atoms with Crippen LogP contribution in [0.2, 0.25) is 0 Å². The van der Waals surface area contributed by atoms with Crippen LogP contribution in [0.4, 0.5) is 5.69 Å². The smallest absolute Gasteiger partial charge is 0.229 e. The quantitative estimate of drug-likeness (QED) is 0.825. The van der Waals surface area contributed by atoms with E-state index in [2.05, 4.69) is 9.71 Å². The molecule has 1 aromatic carbocycles. The third kappa shape index (κ3) is 1.99. The standard InChI is InChI=1S/C10H9N3O2S/c1-16(14,15)13-9-5-7(6-11)4-8-2-3-12-10(8)9/h2-5,12-13H,1H3. The molecule has 0 aliphatic heterocycles. The van der Waals surface area contributed by atoms with Crippen molar-refractivity contribution in [3.63, 3.8) is 0 Å². The summed E-state index contributed by atoms with van der Waals surface area (Å²) in [5.74, 6) is 0. The first kappa shape index (κ1) is 10.5. The van der Waals surface area contributed by atoms with Gasteiger partial charge in [0.15, 0.2) is 0 Å². The summed E-state index contributed by atoms with van der Waals surface area (Å²) >= 11 is 0. The maximum atomic E-state index is 11.2. The molecule has 0 saturated carbocycles. The Hall–Kier alpha value is -2.00. The number of rotatable bonds is 2. The van der Waals surface area contributed by atoms with Crippen molar-refractivity contribution in [1.82, 2.24) is 4.98 Å². The van der Waals surface area contributed by atoms with Gasteiger partial charge in [0.25, 0.3) is 0 Å². The Morgan fingerprint density at radius 1 is 1.44 bits per heavy atom. The molecule has 0 atom stereocenters. The lowest BCUT2D eigenvalue weighted by molar-refractivity contribution is 0.607. The number of hydrogen-bond donors (Lipinski definition) is 2. The Balaban J connectivity index is 2.67. The van der Waals surface area contributed by atoms with E-state index in [1.165, 1.54) is 6.07 Å². The van der Waals surface area contributed by atoms with Crippen LogP contribution in [-0.4, -0.2) is 19.7 Å². The number of nitrogens with zero attached hydrogens (tertiary/aromatic N) is 1. The third-order valence-corrected chi connectivity index (χ3v) is 2.67. The van der Waals surface area contributed by atoms with Crippen LogP contribution < -0.4 is 4.72 Å². The molecule has 0 bridgehead atoms. The highest BCUT2D eigenvalue weighted by Crippen LogP contribution is 2.24. The molecule has 0 unspecified atom stereocenters. The molecule has 0 aliphatic carbocycles. The van der Waals surface area contributed by atoms with E-state index >= 15 is 0 Å². The van der Waals surface area contributed by atoms with Crippen molar-refractivity contribution in [2.75, 3.05) is 11.0 Å². The monoisotopic (exact) mass is 235 g/mol. The number of benzene rings is 1. The number of fused-ring (bicyclic) bond motifs is 1. The summed E-state index contributed by atoms with van der Waals surface area (Å²) < 4.78 is 24.7. The highest BCUT2D eigenvalue weighted by molar-refractivity contribution is 7.92. The molecule has 0 amide bonds. The number of hydrogen-bond acceptors (Lipinski definition) is 3. The van der Waals surface area contributed by atoms with Crippen molar-refractivity contribution < 1.29 is 8.42 Å². The Bertz CT molecular complexity index is 680. The van der Waals surface area contributed by atoms with Crippen molar-refractivity contribution in [1.29, 1.82) is 5.26 Å². The molecule has 0 radical (unpaired) electrons. The molecule has 2 rings (SSSR count). The summed E-state index contributed by atoms with van der Waals surface area (Å²) in [4.78, 5) is 2.93. The van der Waals surface area contributed by atoms with Crippen molar-refractivity contribution in [2.24, 2.45) is 0 Å². The largest absolute Gasteiger partial charge is 0.359 e. The molecule has 0 saturated heterocycles. The first-order valence-electron chi connectivity index (χ1n) is 4.48. The lowest BCUT2D eigenvalue weighted by Gasteiger charge is -2.05. The van der Waals surface area contributed by atoms with E-state index in [0.717, 1.165) is 11.6 Å². The lowest BCUT2D eigenvalue weighted by atomic mass is 10.1. The van der Waals surface area contributed by atoms with Gasteiger partial charge in [-0.15, -0.1) is 0 Å². The molecule has 2 aromatic rings. The van der Waals surface area contributed by atoms with Crippen LogP contribution >= 0.6 is 0 Å². The fourth-order valence-corrected chi connectivity index (χ4v) is 2.08. The summed E-state index contributed by atoms with van der Waals surface area (Å²) in [5.41, 5.74) is 1.48. The van der Waals surface area contributed by atoms with E-state index in [9.17, 15) is 8.42 Å². The Morgan fingerprint density at radius 2 is 2.19 bits per heavy atom. The number of nitrogens with one attached hydrogen (secondary N) is 2. The van der Waals surface area contributed by atoms with Crippen LogP contribution in [0.25, 0.3) is 10.9 Å². The van der Waals surface area contributed by atoms with Crippen LogP contribution in [0.1, 0.15) is 5.56 Å². The highest BCUT2D eigenvalue weighted by atomic mass is 32.2. The summed E-state index contributed by atoms with van der Waals surface area (Å²) in [7, 11) is -3.35. The van der Waals surface area contributed by atoms with Gasteiger partial charge in [0.05, 0.1) is 29.1 Å². The number of aromatic amines is 1. The summed E-state index contributed by atoms with van der Waals surface area (Å²) in [6.45, 7) is 0. The molecule has 5 nitrogen and oxygen atoms in total. The van der Waals surface area contributed by atoms with Crippen LogP contribution in [0.15, 0.2) is 24.4 Å². The van der Waals surface area contributed by atoms with Crippen molar-refractivity contribution >= 4 is 26.6 Å². The van der Waals surface area contributed by atoms with Gasteiger partial charge in [-0.1, -0.05) is 0 Å². The van der Waals surface area contributed by atoms with Crippen molar-refractivity contribution in [2.45, 2.75) is 0 Å². The minimum atomic E-state index is -3.35.